The van der Waals surface area contributed by atoms with Crippen LogP contribution in [0.5, 0.6) is 0 Å². The average Bonchev–Trinajstić information content (AvgIpc) is 3.12. The summed E-state index contributed by atoms with van der Waals surface area (Å²) in [6, 6.07) is 21.6. The van der Waals surface area contributed by atoms with E-state index in [0.717, 1.165) is 27.2 Å². The number of hydrogen-bond acceptors (Lipinski definition) is 3. The summed E-state index contributed by atoms with van der Waals surface area (Å²) in [7, 11) is 1.41. The van der Waals surface area contributed by atoms with Crippen LogP contribution < -0.4 is 0 Å². The number of nitrogens with zero attached hydrogens (tertiary/aromatic N) is 1. The van der Waals surface area contributed by atoms with Crippen LogP contribution in [-0.2, 0) is 16.0 Å². The van der Waals surface area contributed by atoms with Gasteiger partial charge in [-0.3, -0.25) is 4.90 Å². The van der Waals surface area contributed by atoms with Gasteiger partial charge in [0.1, 0.15) is 18.0 Å². The van der Waals surface area contributed by atoms with E-state index in [9.17, 15) is 19.1 Å². The van der Waals surface area contributed by atoms with E-state index in [1.165, 1.54) is 38.2 Å². The Morgan fingerprint density at radius 2 is 1.50 bits per heavy atom. The highest BCUT2D eigenvalue weighted by Crippen LogP contribution is 2.44. The normalized spacial score (nSPS) is 14.2. The lowest BCUT2D eigenvalue weighted by atomic mass is 9.91. The number of rotatable bonds is 6. The summed E-state index contributed by atoms with van der Waals surface area (Å²) >= 11 is 0. The van der Waals surface area contributed by atoms with Crippen LogP contribution in [-0.4, -0.2) is 41.3 Å². The molecule has 0 heterocycles. The number of hydrogen-bond donors (Lipinski definition) is 1. The van der Waals surface area contributed by atoms with Gasteiger partial charge in [0.2, 0.25) is 0 Å². The van der Waals surface area contributed by atoms with E-state index < -0.39 is 23.4 Å². The molecule has 1 atom stereocenters. The van der Waals surface area contributed by atoms with Crippen molar-refractivity contribution < 1.29 is 23.8 Å². The molecule has 0 saturated heterocycles. The Balaban J connectivity index is 1.52. The number of carbonyl (C=O) groups excluding carboxylic acids is 1. The van der Waals surface area contributed by atoms with Crippen molar-refractivity contribution in [1.82, 2.24) is 4.90 Å². The third kappa shape index (κ3) is 3.84. The zero-order chi connectivity index (χ0) is 22.9. The molecule has 3 aromatic carbocycles. The van der Waals surface area contributed by atoms with E-state index in [-0.39, 0.29) is 18.9 Å². The van der Waals surface area contributed by atoms with Crippen LogP contribution in [0.2, 0.25) is 0 Å². The van der Waals surface area contributed by atoms with Crippen molar-refractivity contribution in [3.8, 4) is 11.1 Å². The van der Waals surface area contributed by atoms with E-state index >= 15 is 0 Å². The van der Waals surface area contributed by atoms with Crippen molar-refractivity contribution in [2.45, 2.75) is 24.8 Å². The minimum absolute atomic E-state index is 0.0172. The maximum absolute atomic E-state index is 13.2. The SMILES string of the molecule is CN(C(=O)OCC1c2ccccc2-c2ccccc21)C(C)(Cc1ccc(F)cc1)C(=O)O. The maximum Gasteiger partial charge on any atom is 0.410 e. The molecule has 164 valence electrons. The van der Waals surface area contributed by atoms with Crippen LogP contribution in [0, 0.1) is 5.82 Å². The maximum atomic E-state index is 13.2. The number of aliphatic carboxylic acids is 1. The number of carbonyl (C=O) groups is 2. The van der Waals surface area contributed by atoms with Crippen LogP contribution in [0.25, 0.3) is 11.1 Å². The van der Waals surface area contributed by atoms with Gasteiger partial charge in [-0.15, -0.1) is 0 Å². The van der Waals surface area contributed by atoms with Gasteiger partial charge in [0, 0.05) is 19.4 Å². The molecule has 0 aliphatic heterocycles. The quantitative estimate of drug-likeness (QED) is 0.588. The van der Waals surface area contributed by atoms with Crippen molar-refractivity contribution >= 4 is 12.1 Å². The molecule has 4 rings (SSSR count). The van der Waals surface area contributed by atoms with Crippen LogP contribution >= 0.6 is 0 Å². The van der Waals surface area contributed by atoms with Gasteiger partial charge in [-0.2, -0.15) is 0 Å². The van der Waals surface area contributed by atoms with E-state index in [2.05, 4.69) is 0 Å². The molecule has 1 aliphatic carbocycles. The Kier molecular flexibility index (Phi) is 5.70. The first-order valence-corrected chi connectivity index (χ1v) is 10.4. The number of likely N-dealkylation sites (N-methyl/N-ethyl adjacent to an activating group) is 1. The summed E-state index contributed by atoms with van der Waals surface area (Å²) < 4.78 is 18.8. The molecular formula is C26H24FNO4. The van der Waals surface area contributed by atoms with Gasteiger partial charge in [0.15, 0.2) is 0 Å². The molecular weight excluding hydrogens is 409 g/mol. The van der Waals surface area contributed by atoms with Crippen molar-refractivity contribution in [2.75, 3.05) is 13.7 Å². The van der Waals surface area contributed by atoms with Crippen LogP contribution in [0.1, 0.15) is 29.5 Å². The van der Waals surface area contributed by atoms with Crippen molar-refractivity contribution in [3.63, 3.8) is 0 Å². The first-order valence-electron chi connectivity index (χ1n) is 10.4. The smallest absolute Gasteiger partial charge is 0.410 e. The van der Waals surface area contributed by atoms with Gasteiger partial charge >= 0.3 is 12.1 Å². The molecule has 5 nitrogen and oxygen atoms in total. The van der Waals surface area contributed by atoms with Crippen molar-refractivity contribution in [1.29, 1.82) is 0 Å². The van der Waals surface area contributed by atoms with Gasteiger partial charge in [-0.05, 0) is 46.9 Å². The second-order valence-electron chi connectivity index (χ2n) is 8.25. The lowest BCUT2D eigenvalue weighted by molar-refractivity contribution is -0.148. The van der Waals surface area contributed by atoms with Gasteiger partial charge in [0.25, 0.3) is 0 Å². The highest BCUT2D eigenvalue weighted by Gasteiger charge is 2.41. The second kappa shape index (κ2) is 8.46. The number of carboxylic acids is 1. The average molecular weight is 433 g/mol. The largest absolute Gasteiger partial charge is 0.479 e. The molecule has 0 saturated carbocycles. The van der Waals surface area contributed by atoms with Gasteiger partial charge in [0.05, 0.1) is 0 Å². The fourth-order valence-corrected chi connectivity index (χ4v) is 4.23. The Labute approximate surface area is 186 Å². The molecule has 6 heteroatoms. The number of benzene rings is 3. The molecule has 1 N–H and O–H groups in total. The molecule has 0 spiro atoms. The lowest BCUT2D eigenvalue weighted by Crippen LogP contribution is -2.54. The molecule has 3 aromatic rings. The molecule has 1 unspecified atom stereocenters. The van der Waals surface area contributed by atoms with Crippen molar-refractivity contribution in [3.05, 3.63) is 95.3 Å². The molecule has 1 amide bonds. The molecule has 0 aromatic heterocycles. The Morgan fingerprint density at radius 1 is 0.969 bits per heavy atom. The molecule has 32 heavy (non-hydrogen) atoms. The number of carboxylic acid groups (broad SMARTS) is 1. The zero-order valence-corrected chi connectivity index (χ0v) is 17.9. The summed E-state index contributed by atoms with van der Waals surface area (Å²) in [5.41, 5.74) is 3.44. The lowest BCUT2D eigenvalue weighted by Gasteiger charge is -2.34. The summed E-state index contributed by atoms with van der Waals surface area (Å²) in [5, 5.41) is 9.88. The zero-order valence-electron chi connectivity index (χ0n) is 17.9. The Bertz CT molecular complexity index is 1110. The molecule has 0 bridgehead atoms. The third-order valence-electron chi connectivity index (χ3n) is 6.27. The second-order valence-corrected chi connectivity index (χ2v) is 8.25. The van der Waals surface area contributed by atoms with Crippen molar-refractivity contribution in [2.24, 2.45) is 0 Å². The number of halogens is 1. The molecule has 0 fully saturated rings. The fourth-order valence-electron chi connectivity index (χ4n) is 4.23. The van der Waals surface area contributed by atoms with Crippen LogP contribution in [0.15, 0.2) is 72.8 Å². The predicted octanol–water partition coefficient (Wildman–Crippen LogP) is 5.09. The van der Waals surface area contributed by atoms with Gasteiger partial charge in [-0.25, -0.2) is 14.0 Å². The summed E-state index contributed by atoms with van der Waals surface area (Å²) in [6.45, 7) is 1.56. The minimum Gasteiger partial charge on any atom is -0.479 e. The van der Waals surface area contributed by atoms with Gasteiger partial charge < -0.3 is 9.84 Å². The predicted molar refractivity (Wildman–Crippen MR) is 119 cm³/mol. The monoisotopic (exact) mass is 433 g/mol. The van der Waals surface area contributed by atoms with E-state index in [4.69, 9.17) is 4.74 Å². The van der Waals surface area contributed by atoms with E-state index in [0.29, 0.717) is 5.56 Å². The van der Waals surface area contributed by atoms with Gasteiger partial charge in [-0.1, -0.05) is 60.7 Å². The molecule has 0 radical (unpaired) electrons. The summed E-state index contributed by atoms with van der Waals surface area (Å²) in [5.74, 6) is -1.69. The first-order chi connectivity index (χ1) is 15.3. The highest BCUT2D eigenvalue weighted by atomic mass is 19.1. The minimum atomic E-state index is -1.56. The van der Waals surface area contributed by atoms with Crippen LogP contribution in [0.4, 0.5) is 9.18 Å². The molecule has 1 aliphatic rings. The van der Waals surface area contributed by atoms with Crippen LogP contribution in [0.3, 0.4) is 0 Å². The third-order valence-corrected chi connectivity index (χ3v) is 6.27. The number of ether oxygens (including phenoxy) is 1. The Hall–Kier alpha value is -3.67. The van der Waals surface area contributed by atoms with E-state index in [1.54, 1.807) is 0 Å². The standard InChI is InChI=1S/C26H24FNO4/c1-26(24(29)30,15-17-11-13-18(27)14-12-17)28(2)25(31)32-16-23-21-9-5-3-7-19(21)20-8-4-6-10-22(20)23/h3-14,23H,15-16H2,1-2H3,(H,29,30). The topological polar surface area (TPSA) is 66.8 Å². The number of amides is 1. The van der Waals surface area contributed by atoms with E-state index in [1.807, 2.05) is 48.5 Å². The number of fused-ring (bicyclic) bond motifs is 3. The fraction of sp³-hybridized carbons (Fsp3) is 0.231. The summed E-state index contributed by atoms with van der Waals surface area (Å²) in [6.07, 6.45) is -0.706. The highest BCUT2D eigenvalue weighted by molar-refractivity contribution is 5.84. The summed E-state index contributed by atoms with van der Waals surface area (Å²) in [4.78, 5) is 26.1. The Morgan fingerprint density at radius 3 is 2.03 bits per heavy atom. The first kappa shape index (κ1) is 21.6.